The van der Waals surface area contributed by atoms with Gasteiger partial charge in [0.25, 0.3) is 0 Å². The fraction of sp³-hybridized carbons (Fsp3) is 0.143. The largest absolute Gasteiger partial charge is 0.488 e. The molecule has 0 fully saturated rings. The number of hydrogen-bond acceptors (Lipinski definition) is 4. The van der Waals surface area contributed by atoms with Crippen molar-refractivity contribution in [3.05, 3.63) is 94.5 Å². The third-order valence-electron chi connectivity index (χ3n) is 5.94. The van der Waals surface area contributed by atoms with Crippen LogP contribution in [0.4, 0.5) is 0 Å². The fourth-order valence-corrected chi connectivity index (χ4v) is 4.34. The molecule has 5 aromatic rings. The van der Waals surface area contributed by atoms with E-state index in [4.69, 9.17) is 14.1 Å². The fourth-order valence-electron chi connectivity index (χ4n) is 4.34. The van der Waals surface area contributed by atoms with E-state index in [1.807, 2.05) is 81.4 Å². The zero-order chi connectivity index (χ0) is 23.1. The van der Waals surface area contributed by atoms with Crippen LogP contribution in [-0.2, 0) is 6.61 Å². The minimum absolute atomic E-state index is 0.143. The number of pyridine rings is 1. The molecule has 5 rings (SSSR count). The summed E-state index contributed by atoms with van der Waals surface area (Å²) in [4.78, 5) is 17.3. The first-order chi connectivity index (χ1) is 15.9. The number of para-hydroxylation sites is 1. The van der Waals surface area contributed by atoms with Gasteiger partial charge in [0, 0.05) is 10.9 Å². The molecule has 0 saturated heterocycles. The second-order valence-electron chi connectivity index (χ2n) is 8.25. The van der Waals surface area contributed by atoms with Crippen LogP contribution in [0.3, 0.4) is 0 Å². The Morgan fingerprint density at radius 3 is 2.42 bits per heavy atom. The standard InChI is InChI=1S/C28H23NO4/c1-16-13-17(2)26(32-15-19-9-5-4-6-10-19)24-21(28(30)31)14-22(29-25(16)24)27-18(3)20-11-7-8-12-23(20)33-27/h4-14H,15H2,1-3H3,(H,30,31). The maximum atomic E-state index is 12.4. The van der Waals surface area contributed by atoms with Crippen LogP contribution < -0.4 is 4.74 Å². The SMILES string of the molecule is Cc1cc(C)c2nc(-c3oc4ccccc4c3C)cc(C(=O)O)c2c1OCc1ccccc1. The van der Waals surface area contributed by atoms with E-state index in [2.05, 4.69) is 0 Å². The number of aromatic carboxylic acids is 1. The lowest BCUT2D eigenvalue weighted by atomic mass is 9.99. The molecule has 0 aliphatic carbocycles. The van der Waals surface area contributed by atoms with Crippen molar-refractivity contribution in [3.8, 4) is 17.2 Å². The molecule has 1 N–H and O–H groups in total. The number of hydrogen-bond donors (Lipinski definition) is 1. The average molecular weight is 437 g/mol. The number of fused-ring (bicyclic) bond motifs is 2. The number of carbonyl (C=O) groups is 1. The van der Waals surface area contributed by atoms with Crippen LogP contribution in [0.1, 0.15) is 32.6 Å². The minimum Gasteiger partial charge on any atom is -0.488 e. The first-order valence-corrected chi connectivity index (χ1v) is 10.8. The van der Waals surface area contributed by atoms with Gasteiger partial charge >= 0.3 is 5.97 Å². The number of aromatic nitrogens is 1. The summed E-state index contributed by atoms with van der Waals surface area (Å²) in [6, 6.07) is 21.1. The summed E-state index contributed by atoms with van der Waals surface area (Å²) in [6.45, 7) is 6.16. The van der Waals surface area contributed by atoms with Crippen LogP contribution in [0.25, 0.3) is 33.3 Å². The van der Waals surface area contributed by atoms with Gasteiger partial charge in [0.2, 0.25) is 0 Å². The maximum Gasteiger partial charge on any atom is 0.336 e. The predicted molar refractivity (Wildman–Crippen MR) is 129 cm³/mol. The molecule has 0 atom stereocenters. The highest BCUT2D eigenvalue weighted by Crippen LogP contribution is 2.39. The van der Waals surface area contributed by atoms with Gasteiger partial charge in [-0.05, 0) is 49.6 Å². The second kappa shape index (κ2) is 8.10. The zero-order valence-electron chi connectivity index (χ0n) is 18.7. The smallest absolute Gasteiger partial charge is 0.336 e. The zero-order valence-corrected chi connectivity index (χ0v) is 18.7. The molecule has 2 heterocycles. The lowest BCUT2D eigenvalue weighted by Gasteiger charge is -2.16. The minimum atomic E-state index is -1.04. The first-order valence-electron chi connectivity index (χ1n) is 10.8. The van der Waals surface area contributed by atoms with Gasteiger partial charge < -0.3 is 14.3 Å². The number of carboxylic acid groups (broad SMARTS) is 1. The Balaban J connectivity index is 1.72. The number of rotatable bonds is 5. The highest BCUT2D eigenvalue weighted by Gasteiger charge is 2.23. The summed E-state index contributed by atoms with van der Waals surface area (Å²) in [5.41, 5.74) is 5.67. The van der Waals surface area contributed by atoms with E-state index >= 15 is 0 Å². The number of carboxylic acids is 1. The van der Waals surface area contributed by atoms with E-state index in [1.165, 1.54) is 0 Å². The van der Waals surface area contributed by atoms with Crippen LogP contribution in [0.5, 0.6) is 5.75 Å². The summed E-state index contributed by atoms with van der Waals surface area (Å²) in [5, 5.41) is 11.6. The highest BCUT2D eigenvalue weighted by molar-refractivity contribution is 6.08. The lowest BCUT2D eigenvalue weighted by Crippen LogP contribution is -2.05. The third-order valence-corrected chi connectivity index (χ3v) is 5.94. The first kappa shape index (κ1) is 20.8. The number of nitrogens with zero attached hydrogens (tertiary/aromatic N) is 1. The quantitative estimate of drug-likeness (QED) is 0.325. The van der Waals surface area contributed by atoms with Crippen molar-refractivity contribution in [2.24, 2.45) is 0 Å². The molecule has 0 spiro atoms. The van der Waals surface area contributed by atoms with Gasteiger partial charge in [0.1, 0.15) is 23.6 Å². The Kier molecular flexibility index (Phi) is 5.09. The number of aryl methyl sites for hydroxylation is 3. The van der Waals surface area contributed by atoms with Gasteiger partial charge in [-0.15, -0.1) is 0 Å². The van der Waals surface area contributed by atoms with Gasteiger partial charge in [-0.1, -0.05) is 54.6 Å². The van der Waals surface area contributed by atoms with E-state index in [0.717, 1.165) is 33.2 Å². The van der Waals surface area contributed by atoms with Crippen molar-refractivity contribution in [1.29, 1.82) is 0 Å². The van der Waals surface area contributed by atoms with Crippen LogP contribution in [0, 0.1) is 20.8 Å². The molecule has 0 radical (unpaired) electrons. The van der Waals surface area contributed by atoms with E-state index in [9.17, 15) is 9.90 Å². The van der Waals surface area contributed by atoms with Crippen molar-refractivity contribution in [2.45, 2.75) is 27.4 Å². The van der Waals surface area contributed by atoms with E-state index in [-0.39, 0.29) is 5.56 Å². The van der Waals surface area contributed by atoms with Crippen LogP contribution in [0.15, 0.2) is 71.1 Å². The number of benzene rings is 3. The van der Waals surface area contributed by atoms with E-state index < -0.39 is 5.97 Å². The van der Waals surface area contributed by atoms with Gasteiger partial charge in [0.15, 0.2) is 5.76 Å². The molecular weight excluding hydrogens is 414 g/mol. The summed E-state index contributed by atoms with van der Waals surface area (Å²) in [7, 11) is 0. The molecule has 3 aromatic carbocycles. The molecular formula is C28H23NO4. The third kappa shape index (κ3) is 3.61. The Morgan fingerprint density at radius 1 is 0.970 bits per heavy atom. The Bertz CT molecular complexity index is 1520. The average Bonchev–Trinajstić information content (AvgIpc) is 3.15. The molecule has 2 aromatic heterocycles. The van der Waals surface area contributed by atoms with Crippen molar-refractivity contribution < 1.29 is 19.1 Å². The summed E-state index contributed by atoms with van der Waals surface area (Å²) in [6.07, 6.45) is 0. The molecule has 0 bridgehead atoms. The Labute approximate surface area is 191 Å². The maximum absolute atomic E-state index is 12.4. The molecule has 0 amide bonds. The Morgan fingerprint density at radius 2 is 1.70 bits per heavy atom. The second-order valence-corrected chi connectivity index (χ2v) is 8.25. The van der Waals surface area contributed by atoms with Crippen molar-refractivity contribution in [3.63, 3.8) is 0 Å². The molecule has 0 saturated carbocycles. The number of furan rings is 1. The van der Waals surface area contributed by atoms with Crippen molar-refractivity contribution >= 4 is 27.8 Å². The normalized spacial score (nSPS) is 11.2. The van der Waals surface area contributed by atoms with Crippen LogP contribution in [0.2, 0.25) is 0 Å². The molecule has 5 heteroatoms. The summed E-state index contributed by atoms with van der Waals surface area (Å²) >= 11 is 0. The van der Waals surface area contributed by atoms with Crippen molar-refractivity contribution in [2.75, 3.05) is 0 Å². The number of ether oxygens (including phenoxy) is 1. The van der Waals surface area contributed by atoms with Gasteiger partial charge in [-0.25, -0.2) is 9.78 Å². The van der Waals surface area contributed by atoms with E-state index in [0.29, 0.717) is 34.7 Å². The molecule has 0 aliphatic heterocycles. The Hall–Kier alpha value is -4.12. The lowest BCUT2D eigenvalue weighted by molar-refractivity contribution is 0.0698. The summed E-state index contributed by atoms with van der Waals surface area (Å²) < 4.78 is 12.3. The van der Waals surface area contributed by atoms with Crippen LogP contribution >= 0.6 is 0 Å². The van der Waals surface area contributed by atoms with Crippen LogP contribution in [-0.4, -0.2) is 16.1 Å². The van der Waals surface area contributed by atoms with Crippen molar-refractivity contribution in [1.82, 2.24) is 4.98 Å². The van der Waals surface area contributed by atoms with E-state index in [1.54, 1.807) is 6.07 Å². The molecule has 33 heavy (non-hydrogen) atoms. The molecule has 164 valence electrons. The molecule has 0 aliphatic rings. The monoisotopic (exact) mass is 437 g/mol. The molecule has 0 unspecified atom stereocenters. The molecule has 5 nitrogen and oxygen atoms in total. The topological polar surface area (TPSA) is 72.6 Å². The highest BCUT2D eigenvalue weighted by atomic mass is 16.5. The van der Waals surface area contributed by atoms with Gasteiger partial charge in [-0.2, -0.15) is 0 Å². The summed E-state index contributed by atoms with van der Waals surface area (Å²) in [5.74, 6) is 0.0801. The van der Waals surface area contributed by atoms with Gasteiger partial charge in [0.05, 0.1) is 16.5 Å². The predicted octanol–water partition coefficient (Wildman–Crippen LogP) is 6.85. The van der Waals surface area contributed by atoms with Gasteiger partial charge in [-0.3, -0.25) is 0 Å².